The van der Waals surface area contributed by atoms with E-state index in [1.165, 1.54) is 0 Å². The maximum Gasteiger partial charge on any atom is 0.255 e. The number of nitrogens with two attached hydrogens (primary N) is 1. The van der Waals surface area contributed by atoms with Gasteiger partial charge in [-0.3, -0.25) is 4.79 Å². The Bertz CT molecular complexity index is 604. The molecule has 2 rings (SSSR count). The van der Waals surface area contributed by atoms with Crippen LogP contribution in [0.4, 0.5) is 11.5 Å². The molecule has 0 radical (unpaired) electrons. The molecule has 5 heteroatoms. The third-order valence-corrected chi connectivity index (χ3v) is 3.55. The molecule has 0 fully saturated rings. The summed E-state index contributed by atoms with van der Waals surface area (Å²) in [5.41, 5.74) is 7.84. The number of amides is 1. The summed E-state index contributed by atoms with van der Waals surface area (Å²) in [6, 6.07) is 11.0. The van der Waals surface area contributed by atoms with Crippen LogP contribution in [0.3, 0.4) is 0 Å². The Balaban J connectivity index is 2.04. The lowest BCUT2D eigenvalue weighted by Gasteiger charge is -2.19. The summed E-state index contributed by atoms with van der Waals surface area (Å²) < 4.78 is 0. The highest BCUT2D eigenvalue weighted by atomic mass is 16.1. The predicted octanol–water partition coefficient (Wildman–Crippen LogP) is 2.64. The van der Waals surface area contributed by atoms with Gasteiger partial charge in [-0.05, 0) is 43.7 Å². The Kier molecular flexibility index (Phi) is 5.49. The molecule has 1 heterocycles. The van der Waals surface area contributed by atoms with Gasteiger partial charge in [-0.2, -0.15) is 0 Å². The molecule has 0 bridgehead atoms. The molecule has 5 nitrogen and oxygen atoms in total. The summed E-state index contributed by atoms with van der Waals surface area (Å²) >= 11 is 0. The van der Waals surface area contributed by atoms with Gasteiger partial charge in [0.05, 0.1) is 11.9 Å². The number of rotatable bonds is 6. The number of carbonyl (C=O) groups is 1. The number of pyridine rings is 1. The van der Waals surface area contributed by atoms with E-state index < -0.39 is 0 Å². The largest absolute Gasteiger partial charge is 0.357 e. The smallest absolute Gasteiger partial charge is 0.255 e. The molecule has 0 saturated carbocycles. The molecule has 1 aromatic heterocycles. The van der Waals surface area contributed by atoms with Crippen molar-refractivity contribution in [2.75, 3.05) is 23.3 Å². The Morgan fingerprint density at radius 3 is 2.32 bits per heavy atom. The first-order valence-electron chi connectivity index (χ1n) is 7.49. The highest BCUT2D eigenvalue weighted by Gasteiger charge is 2.07. The van der Waals surface area contributed by atoms with E-state index in [2.05, 4.69) is 29.0 Å². The lowest BCUT2D eigenvalue weighted by atomic mass is 10.1. The first-order valence-corrected chi connectivity index (χ1v) is 7.49. The Morgan fingerprint density at radius 2 is 1.82 bits per heavy atom. The number of benzene rings is 1. The molecule has 3 N–H and O–H groups in total. The van der Waals surface area contributed by atoms with E-state index in [1.807, 2.05) is 24.3 Å². The quantitative estimate of drug-likeness (QED) is 0.860. The van der Waals surface area contributed by atoms with Crippen LogP contribution in [0.2, 0.25) is 0 Å². The summed E-state index contributed by atoms with van der Waals surface area (Å²) in [4.78, 5) is 18.7. The van der Waals surface area contributed by atoms with Crippen molar-refractivity contribution in [1.82, 2.24) is 4.98 Å². The molecule has 2 aromatic rings. The number of hydrogen-bond acceptors (Lipinski definition) is 4. The van der Waals surface area contributed by atoms with Crippen LogP contribution in [0, 0.1) is 0 Å². The van der Waals surface area contributed by atoms with E-state index >= 15 is 0 Å². The molecule has 1 amide bonds. The molecular weight excluding hydrogens is 276 g/mol. The van der Waals surface area contributed by atoms with Gasteiger partial charge in [-0.25, -0.2) is 4.98 Å². The lowest BCUT2D eigenvalue weighted by molar-refractivity contribution is 0.102. The summed E-state index contributed by atoms with van der Waals surface area (Å²) in [5, 5.41) is 2.85. The van der Waals surface area contributed by atoms with Crippen molar-refractivity contribution in [1.29, 1.82) is 0 Å². The van der Waals surface area contributed by atoms with Crippen LogP contribution in [0.15, 0.2) is 42.6 Å². The first-order chi connectivity index (χ1) is 10.7. The molecule has 0 aliphatic rings. The topological polar surface area (TPSA) is 71.2 Å². The third-order valence-electron chi connectivity index (χ3n) is 3.55. The second-order valence-electron chi connectivity index (χ2n) is 4.93. The van der Waals surface area contributed by atoms with E-state index in [0.717, 1.165) is 24.5 Å². The number of hydrogen-bond donors (Lipinski definition) is 2. The summed E-state index contributed by atoms with van der Waals surface area (Å²) in [6.45, 7) is 6.46. The molecule has 0 aliphatic carbocycles. The van der Waals surface area contributed by atoms with Gasteiger partial charge in [0.1, 0.15) is 5.82 Å². The van der Waals surface area contributed by atoms with Gasteiger partial charge < -0.3 is 16.0 Å². The standard InChI is InChI=1S/C17H22N4O/c1-3-21(4-2)16-10-9-15(12-19-16)20-17(22)14-7-5-13(11-18)6-8-14/h5-10,12H,3-4,11,18H2,1-2H3,(H,20,22). The predicted molar refractivity (Wildman–Crippen MR) is 90.1 cm³/mol. The Hall–Kier alpha value is -2.40. The lowest BCUT2D eigenvalue weighted by Crippen LogP contribution is -2.22. The van der Waals surface area contributed by atoms with Crippen LogP contribution < -0.4 is 16.0 Å². The fraction of sp³-hybridized carbons (Fsp3) is 0.294. The van der Waals surface area contributed by atoms with Crippen LogP contribution in [-0.4, -0.2) is 24.0 Å². The minimum atomic E-state index is -0.152. The van der Waals surface area contributed by atoms with Crippen molar-refractivity contribution in [3.8, 4) is 0 Å². The van der Waals surface area contributed by atoms with E-state index in [-0.39, 0.29) is 5.91 Å². The molecule has 0 unspecified atom stereocenters. The Morgan fingerprint density at radius 1 is 1.14 bits per heavy atom. The van der Waals surface area contributed by atoms with Crippen molar-refractivity contribution in [2.24, 2.45) is 5.73 Å². The van der Waals surface area contributed by atoms with Crippen LogP contribution >= 0.6 is 0 Å². The van der Waals surface area contributed by atoms with Crippen LogP contribution in [0.5, 0.6) is 0 Å². The van der Waals surface area contributed by atoms with Gasteiger partial charge in [0.25, 0.3) is 5.91 Å². The summed E-state index contributed by atoms with van der Waals surface area (Å²) in [6.07, 6.45) is 1.68. The van der Waals surface area contributed by atoms with E-state index in [9.17, 15) is 4.79 Å². The highest BCUT2D eigenvalue weighted by Crippen LogP contribution is 2.15. The monoisotopic (exact) mass is 298 g/mol. The van der Waals surface area contributed by atoms with E-state index in [1.54, 1.807) is 18.3 Å². The van der Waals surface area contributed by atoms with Crippen LogP contribution in [-0.2, 0) is 6.54 Å². The minimum Gasteiger partial charge on any atom is -0.357 e. The summed E-state index contributed by atoms with van der Waals surface area (Å²) in [7, 11) is 0. The first kappa shape index (κ1) is 16.0. The van der Waals surface area contributed by atoms with Gasteiger partial charge in [0.2, 0.25) is 0 Å². The maximum atomic E-state index is 12.2. The molecule has 1 aromatic carbocycles. The third kappa shape index (κ3) is 3.83. The fourth-order valence-electron chi connectivity index (χ4n) is 2.19. The molecule has 22 heavy (non-hydrogen) atoms. The molecule has 0 spiro atoms. The van der Waals surface area contributed by atoms with Gasteiger partial charge in [0.15, 0.2) is 0 Å². The zero-order chi connectivity index (χ0) is 15.9. The van der Waals surface area contributed by atoms with Crippen LogP contribution in [0.1, 0.15) is 29.8 Å². The fourth-order valence-corrected chi connectivity index (χ4v) is 2.19. The minimum absolute atomic E-state index is 0.152. The van der Waals surface area contributed by atoms with Gasteiger partial charge in [-0.1, -0.05) is 12.1 Å². The van der Waals surface area contributed by atoms with Crippen molar-refractivity contribution in [3.05, 3.63) is 53.7 Å². The van der Waals surface area contributed by atoms with Crippen molar-refractivity contribution in [3.63, 3.8) is 0 Å². The number of carbonyl (C=O) groups excluding carboxylic acids is 1. The highest BCUT2D eigenvalue weighted by molar-refractivity contribution is 6.04. The van der Waals surface area contributed by atoms with Crippen molar-refractivity contribution in [2.45, 2.75) is 20.4 Å². The van der Waals surface area contributed by atoms with Gasteiger partial charge in [0, 0.05) is 25.2 Å². The number of nitrogens with zero attached hydrogens (tertiary/aromatic N) is 2. The number of aromatic nitrogens is 1. The van der Waals surface area contributed by atoms with E-state index in [0.29, 0.717) is 17.8 Å². The molecular formula is C17H22N4O. The van der Waals surface area contributed by atoms with Gasteiger partial charge in [-0.15, -0.1) is 0 Å². The van der Waals surface area contributed by atoms with Gasteiger partial charge >= 0.3 is 0 Å². The normalized spacial score (nSPS) is 10.3. The number of anilines is 2. The van der Waals surface area contributed by atoms with Crippen LogP contribution in [0.25, 0.3) is 0 Å². The molecule has 0 aliphatic heterocycles. The zero-order valence-corrected chi connectivity index (χ0v) is 13.0. The molecule has 116 valence electrons. The second-order valence-corrected chi connectivity index (χ2v) is 4.93. The SMILES string of the molecule is CCN(CC)c1ccc(NC(=O)c2ccc(CN)cc2)cn1. The average Bonchev–Trinajstić information content (AvgIpc) is 2.57. The molecule has 0 atom stereocenters. The molecule has 0 saturated heterocycles. The zero-order valence-electron chi connectivity index (χ0n) is 13.0. The maximum absolute atomic E-state index is 12.2. The number of nitrogens with one attached hydrogen (secondary N) is 1. The Labute approximate surface area is 131 Å². The summed E-state index contributed by atoms with van der Waals surface area (Å²) in [5.74, 6) is 0.760. The van der Waals surface area contributed by atoms with Crippen molar-refractivity contribution >= 4 is 17.4 Å². The van der Waals surface area contributed by atoms with E-state index in [4.69, 9.17) is 5.73 Å². The van der Waals surface area contributed by atoms with Crippen molar-refractivity contribution < 1.29 is 4.79 Å². The second kappa shape index (κ2) is 7.56. The average molecular weight is 298 g/mol.